The first-order valence-corrected chi connectivity index (χ1v) is 14.0. The van der Waals surface area contributed by atoms with Gasteiger partial charge in [-0.2, -0.15) is 0 Å². The average Bonchev–Trinajstić information content (AvgIpc) is 2.74. The van der Waals surface area contributed by atoms with Crippen LogP contribution in [0.15, 0.2) is 53.3 Å². The maximum absolute atomic E-state index is 12.2. The SMILES string of the molecule is CC(C)(C)[Si](C)(C)OC(CN(Cc1ccc(N)cc1)C(=O)O)c1ccc(O)c2[nH]c(=O)ccc12. The number of nitrogens with zero attached hydrogens (tertiary/aromatic N) is 1. The van der Waals surface area contributed by atoms with Crippen molar-refractivity contribution in [3.63, 3.8) is 0 Å². The number of nitrogens with two attached hydrogens (primary N) is 1. The Kier molecular flexibility index (Phi) is 7.09. The van der Waals surface area contributed by atoms with Crippen LogP contribution in [0.1, 0.15) is 38.0 Å². The molecular formula is C25H33N3O5Si. The van der Waals surface area contributed by atoms with Gasteiger partial charge in [-0.3, -0.25) is 4.79 Å². The molecule has 1 atom stereocenters. The second-order valence-electron chi connectivity index (χ2n) is 10.1. The molecule has 1 amide bonds. The number of aromatic amines is 1. The van der Waals surface area contributed by atoms with Crippen LogP contribution in [0.4, 0.5) is 10.5 Å². The number of nitrogen functional groups attached to an aromatic ring is 1. The summed E-state index contributed by atoms with van der Waals surface area (Å²) in [4.78, 5) is 28.1. The number of nitrogens with one attached hydrogen (secondary N) is 1. The third-order valence-corrected chi connectivity index (χ3v) is 11.0. The summed E-state index contributed by atoms with van der Waals surface area (Å²) in [6.45, 7) is 10.8. The van der Waals surface area contributed by atoms with E-state index in [1.165, 1.54) is 17.0 Å². The highest BCUT2D eigenvalue weighted by Gasteiger charge is 2.40. The molecule has 8 nitrogen and oxygen atoms in total. The molecule has 0 aliphatic heterocycles. The molecule has 0 saturated carbocycles. The predicted molar refractivity (Wildman–Crippen MR) is 137 cm³/mol. The Morgan fingerprint density at radius 3 is 2.35 bits per heavy atom. The summed E-state index contributed by atoms with van der Waals surface area (Å²) in [6.07, 6.45) is -1.68. The molecule has 1 heterocycles. The highest BCUT2D eigenvalue weighted by molar-refractivity contribution is 6.74. The number of anilines is 1. The first kappa shape index (κ1) is 25.3. The van der Waals surface area contributed by atoms with E-state index in [0.717, 1.165) is 5.56 Å². The van der Waals surface area contributed by atoms with Gasteiger partial charge in [0.2, 0.25) is 5.56 Å². The van der Waals surface area contributed by atoms with Crippen LogP contribution in [0.3, 0.4) is 0 Å². The summed E-state index contributed by atoms with van der Waals surface area (Å²) in [5, 5.41) is 20.8. The second kappa shape index (κ2) is 9.52. The van der Waals surface area contributed by atoms with Crippen molar-refractivity contribution in [1.82, 2.24) is 9.88 Å². The summed E-state index contributed by atoms with van der Waals surface area (Å²) in [6, 6.07) is 13.3. The fourth-order valence-electron chi connectivity index (χ4n) is 3.53. The lowest BCUT2D eigenvalue weighted by Gasteiger charge is -2.40. The number of amides is 1. The van der Waals surface area contributed by atoms with E-state index in [9.17, 15) is 19.8 Å². The lowest BCUT2D eigenvalue weighted by molar-refractivity contribution is 0.0987. The van der Waals surface area contributed by atoms with Crippen molar-refractivity contribution in [3.05, 3.63) is 70.0 Å². The molecule has 5 N–H and O–H groups in total. The van der Waals surface area contributed by atoms with Gasteiger partial charge in [0.1, 0.15) is 5.75 Å². The van der Waals surface area contributed by atoms with Gasteiger partial charge in [-0.25, -0.2) is 4.79 Å². The van der Waals surface area contributed by atoms with Crippen molar-refractivity contribution in [3.8, 4) is 5.75 Å². The van der Waals surface area contributed by atoms with Gasteiger partial charge in [0.15, 0.2) is 8.32 Å². The minimum atomic E-state index is -2.33. The lowest BCUT2D eigenvalue weighted by atomic mass is 10.0. The number of hydrogen-bond acceptors (Lipinski definition) is 5. The Labute approximate surface area is 200 Å². The van der Waals surface area contributed by atoms with E-state index < -0.39 is 20.5 Å². The number of benzene rings is 2. The zero-order valence-corrected chi connectivity index (χ0v) is 21.3. The molecule has 0 spiro atoms. The van der Waals surface area contributed by atoms with Crippen molar-refractivity contribution in [1.29, 1.82) is 0 Å². The Hall–Kier alpha value is -3.30. The van der Waals surface area contributed by atoms with Gasteiger partial charge in [-0.05, 0) is 53.5 Å². The van der Waals surface area contributed by atoms with E-state index in [2.05, 4.69) is 38.8 Å². The number of phenols is 1. The van der Waals surface area contributed by atoms with Gasteiger partial charge in [-0.1, -0.05) is 39.0 Å². The molecule has 2 aromatic carbocycles. The average molecular weight is 484 g/mol. The van der Waals surface area contributed by atoms with Crippen molar-refractivity contribution in [2.75, 3.05) is 12.3 Å². The van der Waals surface area contributed by atoms with Gasteiger partial charge in [0, 0.05) is 23.7 Å². The summed E-state index contributed by atoms with van der Waals surface area (Å²) >= 11 is 0. The normalized spacial score (nSPS) is 13.1. The minimum Gasteiger partial charge on any atom is -0.506 e. The zero-order chi connectivity index (χ0) is 25.3. The second-order valence-corrected chi connectivity index (χ2v) is 14.8. The summed E-state index contributed by atoms with van der Waals surface area (Å²) in [5.74, 6) is -0.0560. The van der Waals surface area contributed by atoms with Crippen LogP contribution >= 0.6 is 0 Å². The molecule has 0 aliphatic rings. The highest BCUT2D eigenvalue weighted by atomic mass is 28.4. The predicted octanol–water partition coefficient (Wildman–Crippen LogP) is 5.06. The number of carbonyl (C=O) groups is 1. The van der Waals surface area contributed by atoms with Crippen LogP contribution in [0, 0.1) is 0 Å². The third kappa shape index (κ3) is 5.60. The minimum absolute atomic E-state index is 0.0560. The summed E-state index contributed by atoms with van der Waals surface area (Å²) in [7, 11) is -2.33. The van der Waals surface area contributed by atoms with E-state index in [-0.39, 0.29) is 29.4 Å². The highest BCUT2D eigenvalue weighted by Crippen LogP contribution is 2.41. The van der Waals surface area contributed by atoms with Gasteiger partial charge < -0.3 is 30.3 Å². The Morgan fingerprint density at radius 2 is 1.76 bits per heavy atom. The number of pyridine rings is 1. The van der Waals surface area contributed by atoms with Crippen molar-refractivity contribution in [2.45, 2.75) is 51.6 Å². The Morgan fingerprint density at radius 1 is 1.12 bits per heavy atom. The quantitative estimate of drug-likeness (QED) is 0.275. The monoisotopic (exact) mass is 483 g/mol. The number of aromatic nitrogens is 1. The number of H-pyrrole nitrogens is 1. The maximum atomic E-state index is 12.2. The van der Waals surface area contributed by atoms with Gasteiger partial charge >= 0.3 is 6.09 Å². The molecule has 0 bridgehead atoms. The molecule has 1 aromatic heterocycles. The van der Waals surface area contributed by atoms with E-state index in [1.54, 1.807) is 36.4 Å². The molecule has 34 heavy (non-hydrogen) atoms. The van der Waals surface area contributed by atoms with E-state index in [0.29, 0.717) is 22.2 Å². The van der Waals surface area contributed by atoms with Crippen molar-refractivity contribution >= 4 is 31.0 Å². The van der Waals surface area contributed by atoms with Gasteiger partial charge in [0.05, 0.1) is 18.2 Å². The van der Waals surface area contributed by atoms with Crippen LogP contribution < -0.4 is 11.3 Å². The fraction of sp³-hybridized carbons (Fsp3) is 0.360. The topological polar surface area (TPSA) is 129 Å². The number of aromatic hydroxyl groups is 1. The molecule has 9 heteroatoms. The molecule has 0 saturated heterocycles. The maximum Gasteiger partial charge on any atom is 0.407 e. The molecule has 0 aliphatic carbocycles. The zero-order valence-electron chi connectivity index (χ0n) is 20.3. The van der Waals surface area contributed by atoms with Crippen molar-refractivity contribution in [2.24, 2.45) is 0 Å². The number of phenolic OH excluding ortho intramolecular Hbond substituents is 1. The number of carboxylic acid groups (broad SMARTS) is 1. The molecule has 1 unspecified atom stereocenters. The summed E-state index contributed by atoms with van der Waals surface area (Å²) < 4.78 is 6.74. The van der Waals surface area contributed by atoms with Gasteiger partial charge in [-0.15, -0.1) is 0 Å². The first-order valence-electron chi connectivity index (χ1n) is 11.1. The lowest BCUT2D eigenvalue weighted by Crippen LogP contribution is -2.44. The number of fused-ring (bicyclic) bond motifs is 1. The third-order valence-electron chi connectivity index (χ3n) is 6.51. The summed E-state index contributed by atoms with van der Waals surface area (Å²) in [5.41, 5.74) is 7.85. The van der Waals surface area contributed by atoms with E-state index in [1.807, 2.05) is 0 Å². The largest absolute Gasteiger partial charge is 0.506 e. The Balaban J connectivity index is 2.07. The van der Waals surface area contributed by atoms with Crippen LogP contribution in [-0.4, -0.2) is 41.1 Å². The van der Waals surface area contributed by atoms with E-state index >= 15 is 0 Å². The van der Waals surface area contributed by atoms with Crippen molar-refractivity contribution < 1.29 is 19.4 Å². The first-order chi connectivity index (χ1) is 15.8. The number of rotatable bonds is 7. The smallest absolute Gasteiger partial charge is 0.407 e. The van der Waals surface area contributed by atoms with Crippen LogP contribution in [-0.2, 0) is 11.0 Å². The van der Waals surface area contributed by atoms with Crippen LogP contribution in [0.5, 0.6) is 5.75 Å². The molecule has 3 rings (SSSR count). The molecule has 182 valence electrons. The van der Waals surface area contributed by atoms with E-state index in [4.69, 9.17) is 10.2 Å². The molecule has 3 aromatic rings. The fourth-order valence-corrected chi connectivity index (χ4v) is 4.79. The molecule has 0 radical (unpaired) electrons. The Bertz CT molecular complexity index is 1230. The van der Waals surface area contributed by atoms with Crippen LogP contribution in [0.25, 0.3) is 10.9 Å². The van der Waals surface area contributed by atoms with Crippen LogP contribution in [0.2, 0.25) is 18.1 Å². The standard InChI is InChI=1S/C25H33N3O5Si/c1-25(2,3)34(4,5)33-21(15-28(24(31)32)14-16-6-8-17(26)9-7-16)18-10-12-20(29)23-19(18)11-13-22(30)27-23/h6-13,21,29H,14-15,26H2,1-5H3,(H,27,30)(H,31,32). The van der Waals surface area contributed by atoms with Gasteiger partial charge in [0.25, 0.3) is 0 Å². The molecular weight excluding hydrogens is 450 g/mol. The molecule has 0 fully saturated rings. The number of hydrogen-bond donors (Lipinski definition) is 4.